The van der Waals surface area contributed by atoms with Gasteiger partial charge in [-0.05, 0) is 186 Å². The van der Waals surface area contributed by atoms with Gasteiger partial charge >= 0.3 is 0 Å². The average molecular weight is 983 g/mol. The topological polar surface area (TPSA) is 18.0 Å². The number of aromatic nitrogens is 3. The van der Waals surface area contributed by atoms with Gasteiger partial charge in [0.05, 0.1) is 39.1 Å². The smallest absolute Gasteiger partial charge is 0.0633 e. The van der Waals surface area contributed by atoms with E-state index in [1.165, 1.54) is 127 Å². The van der Waals surface area contributed by atoms with Gasteiger partial charge in [-0.1, -0.05) is 139 Å². The molecule has 362 valence electrons. The molecule has 0 fully saturated rings. The highest BCUT2D eigenvalue weighted by molar-refractivity contribution is 6.15. The highest BCUT2D eigenvalue weighted by Gasteiger charge is 2.36. The Morgan fingerprint density at radius 1 is 0.325 bits per heavy atom. The van der Waals surface area contributed by atoms with Gasteiger partial charge in [0.25, 0.3) is 0 Å². The maximum absolute atomic E-state index is 2.54. The van der Waals surface area contributed by atoms with E-state index in [0.717, 1.165) is 23.5 Å². The van der Waals surface area contributed by atoms with E-state index in [0.29, 0.717) is 0 Å². The minimum Gasteiger partial charge on any atom is -0.333 e. The number of aryl methyl sites for hydroxylation is 1. The lowest BCUT2D eigenvalue weighted by molar-refractivity contribution is 0.831. The lowest BCUT2D eigenvalue weighted by Crippen LogP contribution is -2.27. The Bertz CT molecular complexity index is 4760. The third-order valence-corrected chi connectivity index (χ3v) is 16.5. The molecule has 4 heteroatoms. The maximum Gasteiger partial charge on any atom is 0.0633 e. The zero-order valence-corrected chi connectivity index (χ0v) is 42.5. The first-order valence-electron chi connectivity index (χ1n) is 26.8. The van der Waals surface area contributed by atoms with E-state index in [2.05, 4.69) is 292 Å². The van der Waals surface area contributed by atoms with Gasteiger partial charge in [0.15, 0.2) is 0 Å². The van der Waals surface area contributed by atoms with Crippen LogP contribution in [-0.4, -0.2) is 19.7 Å². The minimum atomic E-state index is 0.249. The summed E-state index contributed by atoms with van der Waals surface area (Å²) in [5, 5.41) is 7.43. The second-order valence-electron chi connectivity index (χ2n) is 20.9. The van der Waals surface area contributed by atoms with Crippen molar-refractivity contribution in [3.05, 3.63) is 284 Å². The van der Waals surface area contributed by atoms with Crippen LogP contribution in [0.15, 0.2) is 267 Å². The molecule has 4 nitrogen and oxygen atoms in total. The summed E-state index contributed by atoms with van der Waals surface area (Å²) in [5.74, 6) is 0. The van der Waals surface area contributed by atoms with Crippen molar-refractivity contribution >= 4 is 87.9 Å². The van der Waals surface area contributed by atoms with E-state index in [9.17, 15) is 0 Å². The zero-order valence-electron chi connectivity index (χ0n) is 42.5. The van der Waals surface area contributed by atoms with Gasteiger partial charge < -0.3 is 18.6 Å². The van der Waals surface area contributed by atoms with Gasteiger partial charge in [-0.15, -0.1) is 0 Å². The van der Waals surface area contributed by atoms with E-state index in [4.69, 9.17) is 0 Å². The minimum absolute atomic E-state index is 0.249. The first kappa shape index (κ1) is 43.5. The number of para-hydroxylation sites is 5. The summed E-state index contributed by atoms with van der Waals surface area (Å²) in [5.41, 5.74) is 24.4. The van der Waals surface area contributed by atoms with Crippen molar-refractivity contribution in [1.82, 2.24) is 13.7 Å². The van der Waals surface area contributed by atoms with Gasteiger partial charge in [-0.3, -0.25) is 0 Å². The molecular formula is C73H50N4. The SMILES string of the molecule is Cc1ccc2c(c1)C1=CC(c3ccc4c(c3)c3cc(-c5ccc6c(c5)c5cc(-c7ccc8c(c7)c7ccccc7n8-c7ccccc7)ccc5n6-c5ccccc5)ccc3n4-c3ccccc3)=CCC1N2c1ccccc1. The van der Waals surface area contributed by atoms with Crippen LogP contribution in [0.2, 0.25) is 0 Å². The summed E-state index contributed by atoms with van der Waals surface area (Å²) < 4.78 is 7.25. The first-order valence-corrected chi connectivity index (χ1v) is 26.8. The van der Waals surface area contributed by atoms with Crippen LogP contribution >= 0.6 is 0 Å². The highest BCUT2D eigenvalue weighted by atomic mass is 15.2. The largest absolute Gasteiger partial charge is 0.333 e. The second-order valence-corrected chi connectivity index (χ2v) is 20.9. The number of hydrogen-bond donors (Lipinski definition) is 0. The molecule has 1 unspecified atom stereocenters. The highest BCUT2D eigenvalue weighted by Crippen LogP contribution is 2.50. The van der Waals surface area contributed by atoms with Crippen LogP contribution in [0.25, 0.3) is 116 Å². The Morgan fingerprint density at radius 2 is 0.701 bits per heavy atom. The van der Waals surface area contributed by atoms with Crippen LogP contribution in [0.1, 0.15) is 23.1 Å². The Kier molecular flexibility index (Phi) is 9.64. The number of hydrogen-bond acceptors (Lipinski definition) is 1. The Morgan fingerprint density at radius 3 is 1.17 bits per heavy atom. The van der Waals surface area contributed by atoms with Crippen LogP contribution in [-0.2, 0) is 0 Å². The third-order valence-electron chi connectivity index (χ3n) is 16.5. The standard InChI is InChI=1S/C73H50N4/c1-47-26-33-67-59(40-47)61-42-49(28-35-69(61)75(67)55-18-8-3-9-19-55)51-30-37-71-63(44-51)65-46-53(32-39-73(65)77(71)57-22-12-5-13-23-57)52-31-38-72-64(45-52)62-43-50(29-36-70(62)76(72)56-20-10-4-11-21-56)48-27-34-68-60(41-48)58-24-14-15-25-66(58)74(68)54-16-6-2-7-17-54/h2-34,36-46,69H,35H2,1H3. The van der Waals surface area contributed by atoms with Crippen molar-refractivity contribution in [2.45, 2.75) is 19.4 Å². The summed E-state index contributed by atoms with van der Waals surface area (Å²) in [7, 11) is 0. The van der Waals surface area contributed by atoms with Crippen molar-refractivity contribution in [3.63, 3.8) is 0 Å². The zero-order chi connectivity index (χ0) is 50.7. The van der Waals surface area contributed by atoms with E-state index < -0.39 is 0 Å². The van der Waals surface area contributed by atoms with Gasteiger partial charge in [0.2, 0.25) is 0 Å². The van der Waals surface area contributed by atoms with Crippen LogP contribution in [0.3, 0.4) is 0 Å². The fraction of sp³-hybridized carbons (Fsp3) is 0.0411. The molecule has 2 aliphatic rings. The van der Waals surface area contributed by atoms with Gasteiger partial charge in [-0.2, -0.15) is 0 Å². The van der Waals surface area contributed by atoms with Crippen LogP contribution in [0, 0.1) is 6.92 Å². The van der Waals surface area contributed by atoms with Crippen LogP contribution < -0.4 is 4.90 Å². The summed E-state index contributed by atoms with van der Waals surface area (Å²) in [4.78, 5) is 2.54. The number of anilines is 2. The Hall–Kier alpha value is -9.90. The lowest BCUT2D eigenvalue weighted by Gasteiger charge is -2.29. The molecule has 0 amide bonds. The van der Waals surface area contributed by atoms with Crippen molar-refractivity contribution in [2.75, 3.05) is 4.90 Å². The number of rotatable bonds is 7. The van der Waals surface area contributed by atoms with Crippen molar-refractivity contribution < 1.29 is 0 Å². The van der Waals surface area contributed by atoms with Crippen molar-refractivity contribution in [1.29, 1.82) is 0 Å². The molecule has 1 aliphatic heterocycles. The number of benzene rings is 11. The fourth-order valence-electron chi connectivity index (χ4n) is 13.0. The van der Waals surface area contributed by atoms with E-state index in [1.54, 1.807) is 0 Å². The molecule has 0 saturated carbocycles. The molecule has 1 atom stereocenters. The number of nitrogens with zero attached hydrogens (tertiary/aromatic N) is 4. The molecule has 0 N–H and O–H groups in total. The van der Waals surface area contributed by atoms with Gasteiger partial charge in [0, 0.05) is 66.3 Å². The Labute approximate surface area is 446 Å². The molecule has 3 aromatic heterocycles. The lowest BCUT2D eigenvalue weighted by atomic mass is 9.88. The monoisotopic (exact) mass is 982 g/mol. The Balaban J connectivity index is 0.842. The van der Waals surface area contributed by atoms with Gasteiger partial charge in [-0.25, -0.2) is 0 Å². The summed E-state index contributed by atoms with van der Waals surface area (Å²) >= 11 is 0. The molecule has 4 heterocycles. The summed E-state index contributed by atoms with van der Waals surface area (Å²) in [6, 6.07) is 94.4. The normalized spacial score (nSPS) is 14.2. The van der Waals surface area contributed by atoms with Crippen LogP contribution in [0.4, 0.5) is 11.4 Å². The van der Waals surface area contributed by atoms with Crippen LogP contribution in [0.5, 0.6) is 0 Å². The molecule has 0 spiro atoms. The maximum atomic E-state index is 2.54. The molecule has 77 heavy (non-hydrogen) atoms. The quantitative estimate of drug-likeness (QED) is 0.156. The molecule has 14 aromatic rings. The fourth-order valence-corrected chi connectivity index (χ4v) is 13.0. The molecule has 11 aromatic carbocycles. The predicted octanol–water partition coefficient (Wildman–Crippen LogP) is 19.0. The summed E-state index contributed by atoms with van der Waals surface area (Å²) in [6.45, 7) is 2.21. The molecular weight excluding hydrogens is 933 g/mol. The molecule has 0 saturated heterocycles. The number of fused-ring (bicyclic) bond motifs is 12. The second kappa shape index (κ2) is 17.1. The predicted molar refractivity (Wildman–Crippen MR) is 324 cm³/mol. The van der Waals surface area contributed by atoms with Crippen molar-refractivity contribution in [3.8, 4) is 39.3 Å². The van der Waals surface area contributed by atoms with E-state index >= 15 is 0 Å². The number of allylic oxidation sites excluding steroid dienone is 2. The molecule has 16 rings (SSSR count). The third kappa shape index (κ3) is 6.78. The molecule has 0 radical (unpaired) electrons. The van der Waals surface area contributed by atoms with E-state index in [-0.39, 0.29) is 6.04 Å². The van der Waals surface area contributed by atoms with Gasteiger partial charge in [0.1, 0.15) is 0 Å². The first-order chi connectivity index (χ1) is 38.1. The van der Waals surface area contributed by atoms with E-state index in [1.807, 2.05) is 0 Å². The average Bonchev–Trinajstić information content (AvgIpc) is 4.27. The molecule has 1 aliphatic carbocycles. The molecule has 0 bridgehead atoms. The van der Waals surface area contributed by atoms with Crippen molar-refractivity contribution in [2.24, 2.45) is 0 Å². The summed E-state index contributed by atoms with van der Waals surface area (Å²) in [6.07, 6.45) is 5.85.